The molecule has 2 aromatic heterocycles. The van der Waals surface area contributed by atoms with Gasteiger partial charge in [-0.25, -0.2) is 4.98 Å². The second-order valence-corrected chi connectivity index (χ2v) is 6.79. The minimum atomic E-state index is -0.475. The van der Waals surface area contributed by atoms with Crippen molar-refractivity contribution in [2.24, 2.45) is 0 Å². The molecular weight excluding hydrogens is 396 g/mol. The molecule has 0 radical (unpaired) electrons. The summed E-state index contributed by atoms with van der Waals surface area (Å²) in [6.07, 6.45) is 3.35. The van der Waals surface area contributed by atoms with Crippen molar-refractivity contribution < 1.29 is 19.1 Å². The SMILES string of the molecule is O=C(NNC(=O)c1cc(-c2cccnc2)nc2ccccc12)c1ccc2c(c1)OCO2. The Labute approximate surface area is 176 Å². The molecule has 1 aliphatic rings. The molecule has 0 atom stereocenters. The van der Waals surface area contributed by atoms with Gasteiger partial charge in [0.05, 0.1) is 16.8 Å². The molecule has 8 heteroatoms. The number of nitrogens with one attached hydrogen (secondary N) is 2. The summed E-state index contributed by atoms with van der Waals surface area (Å²) >= 11 is 0. The molecule has 2 N–H and O–H groups in total. The Bertz CT molecular complexity index is 1310. The van der Waals surface area contributed by atoms with Gasteiger partial charge < -0.3 is 9.47 Å². The van der Waals surface area contributed by atoms with Crippen LogP contribution in [-0.2, 0) is 0 Å². The van der Waals surface area contributed by atoms with E-state index in [2.05, 4.69) is 20.8 Å². The maximum absolute atomic E-state index is 13.0. The summed E-state index contributed by atoms with van der Waals surface area (Å²) < 4.78 is 10.5. The molecule has 0 fully saturated rings. The number of hydrogen-bond acceptors (Lipinski definition) is 6. The zero-order valence-corrected chi connectivity index (χ0v) is 16.2. The largest absolute Gasteiger partial charge is 0.454 e. The molecule has 4 aromatic rings. The lowest BCUT2D eigenvalue weighted by Gasteiger charge is -2.11. The fourth-order valence-electron chi connectivity index (χ4n) is 3.32. The van der Waals surface area contributed by atoms with Crippen LogP contribution in [0, 0.1) is 0 Å². The second kappa shape index (κ2) is 7.75. The lowest BCUT2D eigenvalue weighted by atomic mass is 10.0. The van der Waals surface area contributed by atoms with Gasteiger partial charge in [-0.1, -0.05) is 18.2 Å². The van der Waals surface area contributed by atoms with Crippen LogP contribution in [0.3, 0.4) is 0 Å². The molecule has 1 aliphatic heterocycles. The van der Waals surface area contributed by atoms with Crippen molar-refractivity contribution in [3.63, 3.8) is 0 Å². The van der Waals surface area contributed by atoms with Crippen LogP contribution in [0.1, 0.15) is 20.7 Å². The van der Waals surface area contributed by atoms with Crippen molar-refractivity contribution >= 4 is 22.7 Å². The number of benzene rings is 2. The third kappa shape index (κ3) is 3.62. The normalized spacial score (nSPS) is 11.9. The Kier molecular flexibility index (Phi) is 4.64. The summed E-state index contributed by atoms with van der Waals surface area (Å²) in [5.74, 6) is 0.127. The maximum atomic E-state index is 13.0. The smallest absolute Gasteiger partial charge is 0.270 e. The summed E-state index contributed by atoms with van der Waals surface area (Å²) in [7, 11) is 0. The van der Waals surface area contributed by atoms with Crippen LogP contribution in [0.15, 0.2) is 73.1 Å². The predicted octanol–water partition coefficient (Wildman–Crippen LogP) is 3.10. The zero-order valence-electron chi connectivity index (χ0n) is 16.2. The van der Waals surface area contributed by atoms with Crippen molar-refractivity contribution in [2.75, 3.05) is 6.79 Å². The average molecular weight is 412 g/mol. The zero-order chi connectivity index (χ0) is 21.2. The molecular formula is C23H16N4O4. The quantitative estimate of drug-likeness (QED) is 0.502. The highest BCUT2D eigenvalue weighted by Gasteiger charge is 2.18. The molecule has 3 heterocycles. The summed E-state index contributed by atoms with van der Waals surface area (Å²) in [5, 5.41) is 0.671. The van der Waals surface area contributed by atoms with Crippen LogP contribution in [0.25, 0.3) is 22.2 Å². The first-order valence-corrected chi connectivity index (χ1v) is 9.49. The number of hydrazine groups is 1. The fourth-order valence-corrected chi connectivity index (χ4v) is 3.32. The van der Waals surface area contributed by atoms with E-state index in [1.807, 2.05) is 30.3 Å². The molecule has 0 bridgehead atoms. The number of nitrogens with zero attached hydrogens (tertiary/aromatic N) is 2. The summed E-state index contributed by atoms with van der Waals surface area (Å²) in [6, 6.07) is 17.5. The standard InChI is InChI=1S/C23H16N4O4/c28-22(14-7-8-20-21(10-14)31-13-30-20)26-27-23(29)17-11-19(15-4-3-9-24-12-15)25-18-6-2-1-5-16(17)18/h1-12H,13H2,(H,26,28)(H,27,29). The number of carbonyl (C=O) groups excluding carboxylic acids is 2. The number of fused-ring (bicyclic) bond motifs is 2. The molecule has 0 saturated carbocycles. The molecule has 152 valence electrons. The molecule has 2 amide bonds. The highest BCUT2D eigenvalue weighted by molar-refractivity contribution is 6.08. The highest BCUT2D eigenvalue weighted by Crippen LogP contribution is 2.32. The van der Waals surface area contributed by atoms with Gasteiger partial charge in [-0.05, 0) is 42.5 Å². The van der Waals surface area contributed by atoms with E-state index in [1.54, 1.807) is 42.7 Å². The van der Waals surface area contributed by atoms with Crippen LogP contribution in [-0.4, -0.2) is 28.6 Å². The Morgan fingerprint density at radius 1 is 0.871 bits per heavy atom. The first-order chi connectivity index (χ1) is 15.2. The van der Waals surface area contributed by atoms with E-state index in [9.17, 15) is 9.59 Å². The van der Waals surface area contributed by atoms with Crippen molar-refractivity contribution in [2.45, 2.75) is 0 Å². The third-order valence-corrected chi connectivity index (χ3v) is 4.84. The fraction of sp³-hybridized carbons (Fsp3) is 0.0435. The number of rotatable bonds is 3. The van der Waals surface area contributed by atoms with Gasteiger partial charge in [0.25, 0.3) is 11.8 Å². The van der Waals surface area contributed by atoms with E-state index in [0.29, 0.717) is 39.2 Å². The van der Waals surface area contributed by atoms with E-state index < -0.39 is 11.8 Å². The van der Waals surface area contributed by atoms with Crippen molar-refractivity contribution in [1.82, 2.24) is 20.8 Å². The van der Waals surface area contributed by atoms with Gasteiger partial charge in [-0.2, -0.15) is 0 Å². The molecule has 0 unspecified atom stereocenters. The highest BCUT2D eigenvalue weighted by atomic mass is 16.7. The lowest BCUT2D eigenvalue weighted by molar-refractivity contribution is 0.0847. The average Bonchev–Trinajstić information content (AvgIpc) is 3.30. The maximum Gasteiger partial charge on any atom is 0.270 e. The number of hydrogen-bond donors (Lipinski definition) is 2. The van der Waals surface area contributed by atoms with Gasteiger partial charge >= 0.3 is 0 Å². The summed E-state index contributed by atoms with van der Waals surface area (Å²) in [5.41, 5.74) is 7.70. The summed E-state index contributed by atoms with van der Waals surface area (Å²) in [6.45, 7) is 0.117. The number of carbonyl (C=O) groups is 2. The van der Waals surface area contributed by atoms with Gasteiger partial charge in [0.1, 0.15) is 0 Å². The van der Waals surface area contributed by atoms with Crippen LogP contribution in [0.4, 0.5) is 0 Å². The molecule has 0 aliphatic carbocycles. The second-order valence-electron chi connectivity index (χ2n) is 6.79. The van der Waals surface area contributed by atoms with Gasteiger partial charge in [0.15, 0.2) is 11.5 Å². The first-order valence-electron chi connectivity index (χ1n) is 9.49. The lowest BCUT2D eigenvalue weighted by Crippen LogP contribution is -2.41. The topological polar surface area (TPSA) is 102 Å². The van der Waals surface area contributed by atoms with E-state index in [0.717, 1.165) is 5.56 Å². The van der Waals surface area contributed by atoms with E-state index >= 15 is 0 Å². The van der Waals surface area contributed by atoms with Gasteiger partial charge in [0, 0.05) is 28.9 Å². The number of aromatic nitrogens is 2. The first kappa shape index (κ1) is 18.6. The number of para-hydroxylation sites is 1. The van der Waals surface area contributed by atoms with Gasteiger partial charge in [0.2, 0.25) is 6.79 Å². The van der Waals surface area contributed by atoms with Crippen LogP contribution in [0.5, 0.6) is 11.5 Å². The number of pyridine rings is 2. The molecule has 0 spiro atoms. The van der Waals surface area contributed by atoms with Crippen molar-refractivity contribution in [3.8, 4) is 22.8 Å². The monoisotopic (exact) mass is 412 g/mol. The molecule has 2 aromatic carbocycles. The Morgan fingerprint density at radius 3 is 2.58 bits per heavy atom. The van der Waals surface area contributed by atoms with Crippen molar-refractivity contribution in [1.29, 1.82) is 0 Å². The predicted molar refractivity (Wildman–Crippen MR) is 112 cm³/mol. The third-order valence-electron chi connectivity index (χ3n) is 4.84. The Balaban J connectivity index is 1.41. The number of ether oxygens (including phenoxy) is 2. The number of amides is 2. The van der Waals surface area contributed by atoms with E-state index in [4.69, 9.17) is 9.47 Å². The Hall–Kier alpha value is -4.46. The minimum absolute atomic E-state index is 0.117. The van der Waals surface area contributed by atoms with Gasteiger partial charge in [-0.15, -0.1) is 0 Å². The Morgan fingerprint density at radius 2 is 1.71 bits per heavy atom. The van der Waals surface area contributed by atoms with E-state index in [1.165, 1.54) is 0 Å². The molecule has 5 rings (SSSR count). The van der Waals surface area contributed by atoms with Gasteiger partial charge in [-0.3, -0.25) is 25.4 Å². The van der Waals surface area contributed by atoms with Crippen molar-refractivity contribution in [3.05, 3.63) is 84.2 Å². The molecule has 8 nitrogen and oxygen atoms in total. The molecule has 0 saturated heterocycles. The van der Waals surface area contributed by atoms with Crippen LogP contribution >= 0.6 is 0 Å². The van der Waals surface area contributed by atoms with Crippen LogP contribution < -0.4 is 20.3 Å². The van der Waals surface area contributed by atoms with Crippen LogP contribution in [0.2, 0.25) is 0 Å². The summed E-state index contributed by atoms with van der Waals surface area (Å²) in [4.78, 5) is 34.2. The minimum Gasteiger partial charge on any atom is -0.454 e. The van der Waals surface area contributed by atoms with E-state index in [-0.39, 0.29) is 6.79 Å². The molecule has 31 heavy (non-hydrogen) atoms.